The van der Waals surface area contributed by atoms with Crippen LogP contribution >= 0.6 is 23.1 Å². The van der Waals surface area contributed by atoms with E-state index in [0.717, 1.165) is 23.7 Å². The van der Waals surface area contributed by atoms with Crippen LogP contribution in [0, 0.1) is 0 Å². The normalized spacial score (nSPS) is 17.5. The van der Waals surface area contributed by atoms with Crippen LogP contribution in [0.1, 0.15) is 17.2 Å². The zero-order valence-electron chi connectivity index (χ0n) is 12.3. The second-order valence-corrected chi connectivity index (χ2v) is 6.99. The Morgan fingerprint density at radius 1 is 1.36 bits per heavy atom. The number of rotatable bonds is 4. The van der Waals surface area contributed by atoms with Crippen LogP contribution in [0.4, 0.5) is 10.5 Å². The summed E-state index contributed by atoms with van der Waals surface area (Å²) in [4.78, 5) is 15.6. The lowest BCUT2D eigenvalue weighted by Crippen LogP contribution is -2.34. The average Bonchev–Trinajstić information content (AvgIpc) is 3.20. The highest BCUT2D eigenvalue weighted by molar-refractivity contribution is 7.99. The summed E-state index contributed by atoms with van der Waals surface area (Å²) in [6.45, 7) is 3.36. The first-order chi connectivity index (χ1) is 10.8. The van der Waals surface area contributed by atoms with Crippen LogP contribution in [-0.4, -0.2) is 29.8 Å². The molecule has 22 heavy (non-hydrogen) atoms. The highest BCUT2D eigenvalue weighted by atomic mass is 32.2. The lowest BCUT2D eigenvalue weighted by Gasteiger charge is -2.23. The molecular weight excluding hydrogens is 316 g/mol. The topological polar surface area (TPSA) is 41.6 Å². The van der Waals surface area contributed by atoms with Gasteiger partial charge in [-0.2, -0.15) is 0 Å². The van der Waals surface area contributed by atoms with E-state index in [-0.39, 0.29) is 11.4 Å². The zero-order chi connectivity index (χ0) is 15.4. The van der Waals surface area contributed by atoms with Crippen LogP contribution in [-0.2, 0) is 0 Å². The van der Waals surface area contributed by atoms with Crippen molar-refractivity contribution in [2.45, 2.75) is 12.3 Å². The number of anilines is 1. The van der Waals surface area contributed by atoms with Gasteiger partial charge in [0.15, 0.2) is 0 Å². The third-order valence-electron chi connectivity index (χ3n) is 3.36. The third-order valence-corrected chi connectivity index (χ3v) is 5.67. The van der Waals surface area contributed by atoms with Gasteiger partial charge in [0.05, 0.1) is 6.61 Å². The van der Waals surface area contributed by atoms with Crippen molar-refractivity contribution in [3.05, 3.63) is 46.7 Å². The van der Waals surface area contributed by atoms with E-state index in [1.807, 2.05) is 53.9 Å². The minimum absolute atomic E-state index is 0.0486. The molecule has 1 atom stereocenters. The largest absolute Gasteiger partial charge is 0.494 e. The van der Waals surface area contributed by atoms with Gasteiger partial charge in [-0.05, 0) is 42.6 Å². The molecule has 6 heteroatoms. The number of hydrogen-bond acceptors (Lipinski definition) is 4. The quantitative estimate of drug-likeness (QED) is 0.899. The Bertz CT molecular complexity index is 614. The Morgan fingerprint density at radius 2 is 2.18 bits per heavy atom. The summed E-state index contributed by atoms with van der Waals surface area (Å²) >= 11 is 3.51. The highest BCUT2D eigenvalue weighted by Crippen LogP contribution is 2.40. The van der Waals surface area contributed by atoms with E-state index in [2.05, 4.69) is 16.8 Å². The molecule has 2 amide bonds. The molecular formula is C16H18N2O2S2. The Kier molecular flexibility index (Phi) is 4.90. The maximum atomic E-state index is 12.5. The Hall–Kier alpha value is -1.66. The number of nitrogens with one attached hydrogen (secondary N) is 1. The van der Waals surface area contributed by atoms with Crippen molar-refractivity contribution in [2.24, 2.45) is 0 Å². The number of amides is 2. The fraction of sp³-hybridized carbons (Fsp3) is 0.312. The summed E-state index contributed by atoms with van der Waals surface area (Å²) in [6.07, 6.45) is 0. The Morgan fingerprint density at radius 3 is 2.86 bits per heavy atom. The van der Waals surface area contributed by atoms with E-state index in [0.29, 0.717) is 6.61 Å². The van der Waals surface area contributed by atoms with Crippen molar-refractivity contribution in [3.8, 4) is 5.75 Å². The average molecular weight is 334 g/mol. The number of nitrogens with zero attached hydrogens (tertiary/aromatic N) is 1. The van der Waals surface area contributed by atoms with Crippen LogP contribution in [0.2, 0.25) is 0 Å². The molecule has 3 rings (SSSR count). The van der Waals surface area contributed by atoms with Gasteiger partial charge in [-0.1, -0.05) is 6.07 Å². The van der Waals surface area contributed by atoms with Gasteiger partial charge in [0.2, 0.25) is 0 Å². The molecule has 1 aromatic heterocycles. The molecule has 0 spiro atoms. The number of thiophene rings is 1. The van der Waals surface area contributed by atoms with E-state index < -0.39 is 0 Å². The number of ether oxygens (including phenoxy) is 1. The van der Waals surface area contributed by atoms with Crippen LogP contribution in [0.5, 0.6) is 5.75 Å². The highest BCUT2D eigenvalue weighted by Gasteiger charge is 2.31. The van der Waals surface area contributed by atoms with Gasteiger partial charge in [-0.3, -0.25) is 0 Å². The zero-order valence-corrected chi connectivity index (χ0v) is 14.0. The summed E-state index contributed by atoms with van der Waals surface area (Å²) in [7, 11) is 0. The predicted molar refractivity (Wildman–Crippen MR) is 92.9 cm³/mol. The van der Waals surface area contributed by atoms with Gasteiger partial charge in [0.25, 0.3) is 0 Å². The number of hydrogen-bond donors (Lipinski definition) is 1. The van der Waals surface area contributed by atoms with Crippen molar-refractivity contribution in [3.63, 3.8) is 0 Å². The van der Waals surface area contributed by atoms with Crippen molar-refractivity contribution in [1.29, 1.82) is 0 Å². The summed E-state index contributed by atoms with van der Waals surface area (Å²) in [5.74, 6) is 1.79. The fourth-order valence-corrected chi connectivity index (χ4v) is 4.58. The first-order valence-corrected chi connectivity index (χ1v) is 9.16. The molecule has 1 N–H and O–H groups in total. The van der Waals surface area contributed by atoms with E-state index >= 15 is 0 Å². The number of thioether (sulfide) groups is 1. The van der Waals surface area contributed by atoms with Crippen LogP contribution < -0.4 is 10.1 Å². The molecule has 0 aliphatic carbocycles. The van der Waals surface area contributed by atoms with Crippen molar-refractivity contribution >= 4 is 34.8 Å². The van der Waals surface area contributed by atoms with Gasteiger partial charge < -0.3 is 15.0 Å². The maximum absolute atomic E-state index is 12.5. The van der Waals surface area contributed by atoms with Gasteiger partial charge in [-0.25, -0.2) is 4.79 Å². The lowest BCUT2D eigenvalue weighted by atomic mass is 10.3. The first kappa shape index (κ1) is 15.2. The summed E-state index contributed by atoms with van der Waals surface area (Å²) in [6, 6.07) is 11.5. The Labute approximate surface area is 138 Å². The molecule has 116 valence electrons. The van der Waals surface area contributed by atoms with Crippen LogP contribution in [0.3, 0.4) is 0 Å². The molecule has 0 saturated carbocycles. The third kappa shape index (κ3) is 3.39. The van der Waals surface area contributed by atoms with Crippen LogP contribution in [0.25, 0.3) is 0 Å². The molecule has 2 aromatic rings. The van der Waals surface area contributed by atoms with E-state index in [4.69, 9.17) is 4.74 Å². The molecule has 2 heterocycles. The second-order valence-electron chi connectivity index (χ2n) is 4.82. The van der Waals surface area contributed by atoms with E-state index in [1.54, 1.807) is 11.3 Å². The number of urea groups is 1. The van der Waals surface area contributed by atoms with Crippen molar-refractivity contribution < 1.29 is 9.53 Å². The molecule has 1 fully saturated rings. The molecule has 1 saturated heterocycles. The molecule has 1 aliphatic heterocycles. The summed E-state index contributed by atoms with van der Waals surface area (Å²) < 4.78 is 5.41. The van der Waals surface area contributed by atoms with Crippen LogP contribution in [0.15, 0.2) is 41.8 Å². The van der Waals surface area contributed by atoms with E-state index in [1.165, 1.54) is 4.88 Å². The number of benzene rings is 1. The summed E-state index contributed by atoms with van der Waals surface area (Å²) in [5.41, 5.74) is 0.787. The standard InChI is InChI=1S/C16H18N2O2S2/c1-2-20-13-7-5-12(6-8-13)17-16(19)18-9-11-22-15(18)14-4-3-10-21-14/h3-8,10,15H,2,9,11H2,1H3,(H,17,19)/t15-/m0/s1. The van der Waals surface area contributed by atoms with Crippen molar-refractivity contribution in [2.75, 3.05) is 24.2 Å². The Balaban J connectivity index is 1.66. The van der Waals surface area contributed by atoms with E-state index in [9.17, 15) is 4.79 Å². The maximum Gasteiger partial charge on any atom is 0.323 e. The predicted octanol–water partition coefficient (Wildman–Crippen LogP) is 4.43. The van der Waals surface area contributed by atoms with Gasteiger partial charge in [-0.15, -0.1) is 23.1 Å². The molecule has 1 aliphatic rings. The first-order valence-electron chi connectivity index (χ1n) is 7.23. The molecule has 0 bridgehead atoms. The molecule has 0 radical (unpaired) electrons. The van der Waals surface area contributed by atoms with Gasteiger partial charge in [0, 0.05) is 22.9 Å². The SMILES string of the molecule is CCOc1ccc(NC(=O)N2CCS[C@H]2c2cccs2)cc1. The monoisotopic (exact) mass is 334 g/mol. The molecule has 0 unspecified atom stereocenters. The second kappa shape index (κ2) is 7.07. The van der Waals surface area contributed by atoms with Gasteiger partial charge in [0.1, 0.15) is 11.1 Å². The molecule has 1 aromatic carbocycles. The number of carbonyl (C=O) groups is 1. The lowest BCUT2D eigenvalue weighted by molar-refractivity contribution is 0.215. The van der Waals surface area contributed by atoms with Crippen molar-refractivity contribution in [1.82, 2.24) is 4.90 Å². The minimum Gasteiger partial charge on any atom is -0.494 e. The van der Waals surface area contributed by atoms with Gasteiger partial charge >= 0.3 is 6.03 Å². The summed E-state index contributed by atoms with van der Waals surface area (Å²) in [5, 5.41) is 5.15. The number of carbonyl (C=O) groups excluding carboxylic acids is 1. The smallest absolute Gasteiger partial charge is 0.323 e. The minimum atomic E-state index is -0.0486. The molecule has 4 nitrogen and oxygen atoms in total. The fourth-order valence-electron chi connectivity index (χ4n) is 2.34.